The lowest BCUT2D eigenvalue weighted by atomic mass is 9.87. The molecule has 0 saturated carbocycles. The van der Waals surface area contributed by atoms with Crippen molar-refractivity contribution < 1.29 is 22.9 Å². The standard InChI is InChI=1S/C18H27BFNO4/c1-12-10-21(11-13(2)22-12)16-8-7-14(23-16)9-15(20)19-24-17(3,4)18(5,6)25-19/h7-9,12-13H,10-11H2,1-6H3. The van der Waals surface area contributed by atoms with Gasteiger partial charge in [0.1, 0.15) is 11.5 Å². The van der Waals surface area contributed by atoms with Gasteiger partial charge >= 0.3 is 7.12 Å². The fraction of sp³-hybridized carbons (Fsp3) is 0.667. The molecule has 0 amide bonds. The lowest BCUT2D eigenvalue weighted by Gasteiger charge is -2.35. The summed E-state index contributed by atoms with van der Waals surface area (Å²) in [5.74, 6) is 1.16. The summed E-state index contributed by atoms with van der Waals surface area (Å²) in [6, 6.07) is 3.61. The molecule has 2 fully saturated rings. The summed E-state index contributed by atoms with van der Waals surface area (Å²) < 4.78 is 37.5. The highest BCUT2D eigenvalue weighted by Gasteiger charge is 2.53. The highest BCUT2D eigenvalue weighted by atomic mass is 19.1. The van der Waals surface area contributed by atoms with Crippen molar-refractivity contribution in [2.45, 2.75) is 65.0 Å². The molecule has 0 radical (unpaired) electrons. The predicted octanol–water partition coefficient (Wildman–Crippen LogP) is 3.84. The average Bonchev–Trinajstić information content (AvgIpc) is 3.01. The summed E-state index contributed by atoms with van der Waals surface area (Å²) in [7, 11) is -1.01. The Kier molecular flexibility index (Phi) is 4.77. The van der Waals surface area contributed by atoms with Crippen LogP contribution in [0, 0.1) is 0 Å². The second-order valence-electron chi connectivity index (χ2n) is 7.96. The summed E-state index contributed by atoms with van der Waals surface area (Å²) in [5.41, 5.74) is -1.64. The van der Waals surface area contributed by atoms with E-state index >= 15 is 0 Å². The zero-order valence-corrected chi connectivity index (χ0v) is 15.8. The van der Waals surface area contributed by atoms with E-state index < -0.39 is 24.0 Å². The number of ether oxygens (including phenoxy) is 1. The molecule has 2 aliphatic heterocycles. The summed E-state index contributed by atoms with van der Waals surface area (Å²) in [4.78, 5) is 2.11. The van der Waals surface area contributed by atoms with Gasteiger partial charge in [0.15, 0.2) is 5.88 Å². The van der Waals surface area contributed by atoms with Crippen molar-refractivity contribution in [3.8, 4) is 0 Å². The van der Waals surface area contributed by atoms with Crippen LogP contribution in [-0.2, 0) is 14.0 Å². The van der Waals surface area contributed by atoms with E-state index in [1.165, 1.54) is 6.08 Å². The maximum atomic E-state index is 14.6. The Bertz CT molecular complexity index is 631. The number of hydrogen-bond acceptors (Lipinski definition) is 5. The minimum Gasteiger partial charge on any atom is -0.441 e. The van der Waals surface area contributed by atoms with Crippen molar-refractivity contribution in [1.29, 1.82) is 0 Å². The minimum absolute atomic E-state index is 0.134. The van der Waals surface area contributed by atoms with Crippen LogP contribution < -0.4 is 4.90 Å². The molecule has 7 heteroatoms. The Morgan fingerprint density at radius 1 is 1.12 bits per heavy atom. The van der Waals surface area contributed by atoms with Gasteiger partial charge in [0, 0.05) is 25.2 Å². The fourth-order valence-corrected chi connectivity index (χ4v) is 3.11. The van der Waals surface area contributed by atoms with Crippen molar-refractivity contribution in [1.82, 2.24) is 0 Å². The van der Waals surface area contributed by atoms with Gasteiger partial charge < -0.3 is 23.4 Å². The van der Waals surface area contributed by atoms with Gasteiger partial charge in [-0.05, 0) is 47.6 Å². The zero-order valence-electron chi connectivity index (χ0n) is 15.8. The Balaban J connectivity index is 1.71. The summed E-state index contributed by atoms with van der Waals surface area (Å²) in [6.45, 7) is 13.1. The molecule has 0 aromatic carbocycles. The van der Waals surface area contributed by atoms with Gasteiger partial charge in [-0.25, -0.2) is 4.39 Å². The second-order valence-corrected chi connectivity index (χ2v) is 7.96. The van der Waals surface area contributed by atoms with Gasteiger partial charge in [-0.2, -0.15) is 0 Å². The molecule has 0 bridgehead atoms. The molecular formula is C18H27BFNO4. The Labute approximate surface area is 149 Å². The maximum absolute atomic E-state index is 14.6. The molecule has 5 nitrogen and oxygen atoms in total. The maximum Gasteiger partial charge on any atom is 0.525 e. The lowest BCUT2D eigenvalue weighted by Crippen LogP contribution is -2.45. The molecule has 2 unspecified atom stereocenters. The van der Waals surface area contributed by atoms with Gasteiger partial charge in [-0.3, -0.25) is 0 Å². The molecule has 3 rings (SSSR count). The molecule has 0 spiro atoms. The monoisotopic (exact) mass is 351 g/mol. The molecule has 25 heavy (non-hydrogen) atoms. The smallest absolute Gasteiger partial charge is 0.441 e. The summed E-state index contributed by atoms with van der Waals surface area (Å²) >= 11 is 0. The number of halogens is 1. The van der Waals surface area contributed by atoms with Crippen LogP contribution in [0.5, 0.6) is 0 Å². The highest BCUT2D eigenvalue weighted by Crippen LogP contribution is 2.39. The minimum atomic E-state index is -1.01. The Morgan fingerprint density at radius 2 is 1.68 bits per heavy atom. The van der Waals surface area contributed by atoms with Gasteiger partial charge in [0.25, 0.3) is 0 Å². The van der Waals surface area contributed by atoms with E-state index in [0.717, 1.165) is 19.0 Å². The van der Waals surface area contributed by atoms with Gasteiger partial charge in [-0.1, -0.05) is 0 Å². The van der Waals surface area contributed by atoms with Crippen molar-refractivity contribution in [2.24, 2.45) is 0 Å². The van der Waals surface area contributed by atoms with E-state index in [1.807, 2.05) is 47.6 Å². The van der Waals surface area contributed by atoms with Crippen LogP contribution in [0.2, 0.25) is 0 Å². The molecule has 1 aromatic rings. The second kappa shape index (κ2) is 6.45. The highest BCUT2D eigenvalue weighted by molar-refractivity contribution is 6.54. The Morgan fingerprint density at radius 3 is 2.24 bits per heavy atom. The van der Waals surface area contributed by atoms with Crippen molar-refractivity contribution >= 4 is 19.1 Å². The van der Waals surface area contributed by atoms with Crippen LogP contribution in [0.15, 0.2) is 22.3 Å². The summed E-state index contributed by atoms with van der Waals surface area (Å²) in [5, 5.41) is 0. The third-order valence-corrected chi connectivity index (χ3v) is 5.10. The topological polar surface area (TPSA) is 44.1 Å². The number of nitrogens with zero attached hydrogens (tertiary/aromatic N) is 1. The van der Waals surface area contributed by atoms with E-state index in [1.54, 1.807) is 6.07 Å². The zero-order chi connectivity index (χ0) is 18.4. The molecule has 0 N–H and O–H groups in total. The number of furan rings is 1. The first kappa shape index (κ1) is 18.5. The molecule has 2 saturated heterocycles. The Hall–Kier alpha value is -1.31. The number of hydrogen-bond donors (Lipinski definition) is 0. The molecule has 1 aromatic heterocycles. The van der Waals surface area contributed by atoms with E-state index in [-0.39, 0.29) is 12.2 Å². The van der Waals surface area contributed by atoms with E-state index in [0.29, 0.717) is 5.76 Å². The molecule has 2 atom stereocenters. The third kappa shape index (κ3) is 3.78. The molecule has 138 valence electrons. The van der Waals surface area contributed by atoms with Crippen molar-refractivity contribution in [3.05, 3.63) is 23.6 Å². The lowest BCUT2D eigenvalue weighted by molar-refractivity contribution is -0.00641. The molecular weight excluding hydrogens is 324 g/mol. The summed E-state index contributed by atoms with van der Waals surface area (Å²) in [6.07, 6.45) is 1.60. The number of anilines is 1. The largest absolute Gasteiger partial charge is 0.525 e. The fourth-order valence-electron chi connectivity index (χ4n) is 3.11. The van der Waals surface area contributed by atoms with Crippen LogP contribution in [0.1, 0.15) is 47.3 Å². The molecule has 2 aliphatic rings. The van der Waals surface area contributed by atoms with Crippen molar-refractivity contribution in [3.63, 3.8) is 0 Å². The van der Waals surface area contributed by atoms with Crippen molar-refractivity contribution in [2.75, 3.05) is 18.0 Å². The van der Waals surface area contributed by atoms with E-state index in [4.69, 9.17) is 18.5 Å². The van der Waals surface area contributed by atoms with E-state index in [9.17, 15) is 4.39 Å². The number of morpholine rings is 1. The van der Waals surface area contributed by atoms with Crippen LogP contribution >= 0.6 is 0 Å². The van der Waals surface area contributed by atoms with Crippen LogP contribution in [0.25, 0.3) is 6.08 Å². The normalized spacial score (nSPS) is 29.3. The SMILES string of the molecule is CC1CN(c2ccc(C=C(F)B3OC(C)(C)C(C)(C)O3)o2)CC(C)O1. The first-order valence-electron chi connectivity index (χ1n) is 8.80. The number of rotatable bonds is 3. The van der Waals surface area contributed by atoms with Crippen LogP contribution in [-0.4, -0.2) is 43.6 Å². The average molecular weight is 351 g/mol. The quantitative estimate of drug-likeness (QED) is 0.775. The van der Waals surface area contributed by atoms with Gasteiger partial charge in [-0.15, -0.1) is 0 Å². The predicted molar refractivity (Wildman–Crippen MR) is 96.1 cm³/mol. The van der Waals surface area contributed by atoms with E-state index in [2.05, 4.69) is 4.90 Å². The van der Waals surface area contributed by atoms with Gasteiger partial charge in [0.05, 0.1) is 23.4 Å². The molecule has 3 heterocycles. The van der Waals surface area contributed by atoms with Crippen LogP contribution in [0.4, 0.5) is 10.3 Å². The van der Waals surface area contributed by atoms with Crippen LogP contribution in [0.3, 0.4) is 0 Å². The first-order valence-corrected chi connectivity index (χ1v) is 8.80. The first-order chi connectivity index (χ1) is 11.6. The molecule has 0 aliphatic carbocycles. The third-order valence-electron chi connectivity index (χ3n) is 5.10. The van der Waals surface area contributed by atoms with Gasteiger partial charge in [0.2, 0.25) is 0 Å².